The highest BCUT2D eigenvalue weighted by molar-refractivity contribution is 6.30. The lowest BCUT2D eigenvalue weighted by molar-refractivity contribution is 0.553. The molecule has 0 radical (unpaired) electrons. The molecule has 1 atom stereocenters. The number of nitrogens with zero attached hydrogens (tertiary/aromatic N) is 2. The number of hydrogen-bond donors (Lipinski definition) is 0. The summed E-state index contributed by atoms with van der Waals surface area (Å²) in [4.78, 5) is 7.95. The van der Waals surface area contributed by atoms with Crippen LogP contribution in [0.4, 0.5) is 4.39 Å². The highest BCUT2D eigenvalue weighted by atomic mass is 35.5. The van der Waals surface area contributed by atoms with Gasteiger partial charge in [0.25, 0.3) is 0 Å². The van der Waals surface area contributed by atoms with Gasteiger partial charge in [-0.3, -0.25) is 0 Å². The number of hydrogen-bond acceptors (Lipinski definition) is 2. The van der Waals surface area contributed by atoms with Crippen molar-refractivity contribution in [2.24, 2.45) is 0 Å². The third kappa shape index (κ3) is 3.34. The summed E-state index contributed by atoms with van der Waals surface area (Å²) in [6.45, 7) is 6.01. The van der Waals surface area contributed by atoms with Crippen molar-refractivity contribution in [2.75, 3.05) is 0 Å². The van der Waals surface area contributed by atoms with Crippen molar-refractivity contribution in [1.82, 2.24) is 9.97 Å². The van der Waals surface area contributed by atoms with Crippen LogP contribution < -0.4 is 0 Å². The highest BCUT2D eigenvalue weighted by Gasteiger charge is 2.14. The van der Waals surface area contributed by atoms with E-state index in [2.05, 4.69) is 16.9 Å². The van der Waals surface area contributed by atoms with Crippen LogP contribution in [0.5, 0.6) is 0 Å². The van der Waals surface area contributed by atoms with Crippen molar-refractivity contribution < 1.29 is 4.39 Å². The largest absolute Gasteiger partial charge is 0.244 e. The first-order valence-electron chi connectivity index (χ1n) is 6.73. The lowest BCUT2D eigenvalue weighted by Gasteiger charge is -2.14. The topological polar surface area (TPSA) is 25.8 Å². The summed E-state index contributed by atoms with van der Waals surface area (Å²) >= 11 is 6.11. The Balaban J connectivity index is 2.22. The Hall–Kier alpha value is -1.48. The van der Waals surface area contributed by atoms with E-state index in [9.17, 15) is 4.39 Å². The maximum Gasteiger partial charge on any atom is 0.216 e. The van der Waals surface area contributed by atoms with Crippen LogP contribution in [0.1, 0.15) is 49.3 Å². The van der Waals surface area contributed by atoms with Gasteiger partial charge in [0.15, 0.2) is 0 Å². The molecule has 0 N–H and O–H groups in total. The molecule has 1 unspecified atom stereocenters. The summed E-state index contributed by atoms with van der Waals surface area (Å²) in [6.07, 6.45) is 4.04. The fraction of sp³-hybridized carbons (Fsp3) is 0.375. The minimum atomic E-state index is -0.379. The molecule has 0 aliphatic rings. The Morgan fingerprint density at radius 2 is 1.95 bits per heavy atom. The van der Waals surface area contributed by atoms with Gasteiger partial charge in [-0.15, -0.1) is 0 Å². The van der Waals surface area contributed by atoms with E-state index in [1.54, 1.807) is 12.4 Å². The van der Waals surface area contributed by atoms with Gasteiger partial charge in [0.2, 0.25) is 5.95 Å². The van der Waals surface area contributed by atoms with Crippen LogP contribution in [0.3, 0.4) is 0 Å². The Morgan fingerprint density at radius 3 is 2.60 bits per heavy atom. The summed E-state index contributed by atoms with van der Waals surface area (Å²) < 4.78 is 13.6. The highest BCUT2D eigenvalue weighted by Crippen LogP contribution is 2.26. The molecule has 2 nitrogen and oxygen atoms in total. The van der Waals surface area contributed by atoms with Crippen LogP contribution in [0, 0.1) is 5.95 Å². The third-order valence-electron chi connectivity index (χ3n) is 3.41. The van der Waals surface area contributed by atoms with Crippen LogP contribution in [0.25, 0.3) is 0 Å². The van der Waals surface area contributed by atoms with Gasteiger partial charge in [0, 0.05) is 18.0 Å². The Morgan fingerprint density at radius 1 is 1.20 bits per heavy atom. The van der Waals surface area contributed by atoms with Gasteiger partial charge < -0.3 is 0 Å². The molecular weight excluding hydrogens is 275 g/mol. The molecule has 2 heterocycles. The lowest BCUT2D eigenvalue weighted by Crippen LogP contribution is -2.04. The van der Waals surface area contributed by atoms with Crippen molar-refractivity contribution in [3.63, 3.8) is 0 Å². The predicted octanol–water partition coefficient (Wildman–Crippen LogP) is 4.74. The van der Waals surface area contributed by atoms with E-state index in [0.29, 0.717) is 10.7 Å². The zero-order valence-electron chi connectivity index (χ0n) is 11.9. The number of halogens is 2. The minimum Gasteiger partial charge on any atom is -0.244 e. The number of aromatic nitrogens is 2. The summed E-state index contributed by atoms with van der Waals surface area (Å²) in [5.74, 6) is -0.0426. The fourth-order valence-corrected chi connectivity index (χ4v) is 2.56. The third-order valence-corrected chi connectivity index (χ3v) is 3.72. The average Bonchev–Trinajstić information content (AvgIpc) is 2.41. The van der Waals surface area contributed by atoms with Gasteiger partial charge in [0.05, 0.1) is 0 Å². The van der Waals surface area contributed by atoms with E-state index >= 15 is 0 Å². The average molecular weight is 293 g/mol. The second-order valence-corrected chi connectivity index (χ2v) is 5.72. The molecule has 0 amide bonds. The number of rotatable bonds is 4. The summed E-state index contributed by atoms with van der Waals surface area (Å²) in [5, 5.41) is 0.527. The fourth-order valence-electron chi connectivity index (χ4n) is 2.26. The molecule has 4 heteroatoms. The monoisotopic (exact) mass is 292 g/mol. The van der Waals surface area contributed by atoms with Gasteiger partial charge in [-0.2, -0.15) is 4.39 Å². The van der Waals surface area contributed by atoms with Crippen molar-refractivity contribution >= 4 is 11.6 Å². The molecule has 106 valence electrons. The molecule has 0 fully saturated rings. The quantitative estimate of drug-likeness (QED) is 0.761. The van der Waals surface area contributed by atoms with Crippen LogP contribution in [-0.4, -0.2) is 9.97 Å². The molecule has 0 aliphatic heterocycles. The molecular formula is C16H18ClFN2. The van der Waals surface area contributed by atoms with E-state index in [1.165, 1.54) is 0 Å². The Kier molecular flexibility index (Phi) is 4.71. The van der Waals surface area contributed by atoms with E-state index in [0.717, 1.165) is 17.5 Å². The zero-order valence-corrected chi connectivity index (χ0v) is 12.7. The van der Waals surface area contributed by atoms with Gasteiger partial charge in [0.1, 0.15) is 5.15 Å². The second kappa shape index (κ2) is 6.31. The van der Waals surface area contributed by atoms with Crippen molar-refractivity contribution in [2.45, 2.75) is 39.0 Å². The van der Waals surface area contributed by atoms with Crippen LogP contribution in [0.2, 0.25) is 5.15 Å². The zero-order chi connectivity index (χ0) is 14.7. The molecule has 2 rings (SSSR count). The summed E-state index contributed by atoms with van der Waals surface area (Å²) in [6, 6.07) is 5.74. The first-order chi connectivity index (χ1) is 9.49. The molecule has 2 aromatic heterocycles. The Bertz CT molecular complexity index is 599. The molecule has 0 spiro atoms. The summed E-state index contributed by atoms with van der Waals surface area (Å²) in [7, 11) is 0. The first-order valence-corrected chi connectivity index (χ1v) is 7.11. The van der Waals surface area contributed by atoms with E-state index in [1.807, 2.05) is 32.0 Å². The van der Waals surface area contributed by atoms with Crippen molar-refractivity contribution in [3.8, 4) is 0 Å². The van der Waals surface area contributed by atoms with E-state index < -0.39 is 0 Å². The summed E-state index contributed by atoms with van der Waals surface area (Å²) in [5.41, 5.74) is 2.68. The normalized spacial score (nSPS) is 12.7. The van der Waals surface area contributed by atoms with Gasteiger partial charge in [-0.25, -0.2) is 9.97 Å². The van der Waals surface area contributed by atoms with Gasteiger partial charge in [-0.05, 0) is 41.5 Å². The predicted molar refractivity (Wildman–Crippen MR) is 79.7 cm³/mol. The van der Waals surface area contributed by atoms with Gasteiger partial charge in [-0.1, -0.05) is 38.4 Å². The van der Waals surface area contributed by atoms with Crippen LogP contribution in [0.15, 0.2) is 30.6 Å². The molecule has 0 saturated carbocycles. The molecule has 0 saturated heterocycles. The van der Waals surface area contributed by atoms with E-state index in [-0.39, 0.29) is 17.8 Å². The Labute approximate surface area is 124 Å². The molecule has 20 heavy (non-hydrogen) atoms. The van der Waals surface area contributed by atoms with Crippen LogP contribution >= 0.6 is 11.6 Å². The van der Waals surface area contributed by atoms with Gasteiger partial charge >= 0.3 is 0 Å². The standard InChI is InChI=1S/C16H18ClFN2/c1-10(2)14-8-12(9-20-16(14)18)7-11(3)13-5-4-6-19-15(13)17/h4-6,8-11H,7H2,1-3H3. The molecule has 2 aromatic rings. The molecule has 0 aromatic carbocycles. The SMILES string of the molecule is CC(C)c1cc(CC(C)c2cccnc2Cl)cnc1F. The van der Waals surface area contributed by atoms with Crippen LogP contribution in [-0.2, 0) is 6.42 Å². The van der Waals surface area contributed by atoms with Crippen molar-refractivity contribution in [3.05, 3.63) is 58.4 Å². The lowest BCUT2D eigenvalue weighted by atomic mass is 9.94. The maximum atomic E-state index is 13.6. The smallest absolute Gasteiger partial charge is 0.216 e. The second-order valence-electron chi connectivity index (χ2n) is 5.37. The van der Waals surface area contributed by atoms with Crippen molar-refractivity contribution in [1.29, 1.82) is 0 Å². The maximum absolute atomic E-state index is 13.6. The number of pyridine rings is 2. The molecule has 0 bridgehead atoms. The van der Waals surface area contributed by atoms with E-state index in [4.69, 9.17) is 11.6 Å². The minimum absolute atomic E-state index is 0.125. The molecule has 0 aliphatic carbocycles. The first kappa shape index (κ1) is 14.9.